The summed E-state index contributed by atoms with van der Waals surface area (Å²) >= 11 is 11.7. The molecule has 2 aromatic rings. The van der Waals surface area contributed by atoms with Gasteiger partial charge in [0.05, 0.1) is 10.0 Å². The van der Waals surface area contributed by atoms with Gasteiger partial charge >= 0.3 is 0 Å². The van der Waals surface area contributed by atoms with Gasteiger partial charge in [-0.1, -0.05) is 35.3 Å². The van der Waals surface area contributed by atoms with Gasteiger partial charge < -0.3 is 11.1 Å². The van der Waals surface area contributed by atoms with Crippen LogP contribution in [0.25, 0.3) is 0 Å². The summed E-state index contributed by atoms with van der Waals surface area (Å²) in [5.41, 5.74) is 7.59. The molecule has 5 heteroatoms. The van der Waals surface area contributed by atoms with Crippen LogP contribution in [0.15, 0.2) is 42.5 Å². The van der Waals surface area contributed by atoms with Crippen LogP contribution in [0, 0.1) is 0 Å². The van der Waals surface area contributed by atoms with E-state index in [4.69, 9.17) is 28.9 Å². The molecule has 0 spiro atoms. The first-order valence-corrected chi connectivity index (χ1v) is 6.41. The second-order valence-corrected chi connectivity index (χ2v) is 4.80. The molecule has 19 heavy (non-hydrogen) atoms. The minimum Gasteiger partial charge on any atom is -0.326 e. The fraction of sp³-hybridized carbons (Fsp3) is 0.0714. The molecular formula is C14H12Cl2N2O. The second-order valence-electron chi connectivity index (χ2n) is 3.99. The number of rotatable bonds is 3. The summed E-state index contributed by atoms with van der Waals surface area (Å²) in [4.78, 5) is 12.1. The molecule has 0 saturated carbocycles. The molecule has 0 atom stereocenters. The van der Waals surface area contributed by atoms with E-state index in [1.807, 2.05) is 6.07 Å². The number of hydrogen-bond donors (Lipinski definition) is 2. The van der Waals surface area contributed by atoms with Crippen molar-refractivity contribution in [3.05, 3.63) is 63.6 Å². The average molecular weight is 295 g/mol. The van der Waals surface area contributed by atoms with Crippen molar-refractivity contribution in [2.45, 2.75) is 6.54 Å². The van der Waals surface area contributed by atoms with Crippen molar-refractivity contribution in [1.82, 2.24) is 0 Å². The van der Waals surface area contributed by atoms with Crippen molar-refractivity contribution < 1.29 is 4.79 Å². The van der Waals surface area contributed by atoms with E-state index in [2.05, 4.69) is 5.32 Å². The monoisotopic (exact) mass is 294 g/mol. The van der Waals surface area contributed by atoms with Gasteiger partial charge in [-0.15, -0.1) is 0 Å². The molecule has 0 saturated heterocycles. The second kappa shape index (κ2) is 6.06. The van der Waals surface area contributed by atoms with Crippen LogP contribution in [-0.2, 0) is 6.54 Å². The highest BCUT2D eigenvalue weighted by Gasteiger charge is 2.07. The van der Waals surface area contributed by atoms with Gasteiger partial charge in [-0.2, -0.15) is 0 Å². The summed E-state index contributed by atoms with van der Waals surface area (Å²) in [6.07, 6.45) is 0. The third-order valence-corrected chi connectivity index (χ3v) is 3.34. The van der Waals surface area contributed by atoms with Crippen LogP contribution in [0.2, 0.25) is 10.0 Å². The molecule has 0 unspecified atom stereocenters. The van der Waals surface area contributed by atoms with E-state index in [0.29, 0.717) is 27.8 Å². The number of anilines is 1. The Morgan fingerprint density at radius 2 is 1.89 bits per heavy atom. The third kappa shape index (κ3) is 3.47. The number of benzene rings is 2. The number of carbonyl (C=O) groups excluding carboxylic acids is 1. The smallest absolute Gasteiger partial charge is 0.255 e. The van der Waals surface area contributed by atoms with Gasteiger partial charge in [0, 0.05) is 17.8 Å². The predicted molar refractivity (Wildman–Crippen MR) is 78.7 cm³/mol. The molecule has 2 aromatic carbocycles. The summed E-state index contributed by atoms with van der Waals surface area (Å²) in [5.74, 6) is -0.214. The Labute approximate surface area is 121 Å². The van der Waals surface area contributed by atoms with Crippen LogP contribution in [0.1, 0.15) is 15.9 Å². The number of carbonyl (C=O) groups is 1. The van der Waals surface area contributed by atoms with Gasteiger partial charge in [0.25, 0.3) is 5.91 Å². The van der Waals surface area contributed by atoms with Crippen LogP contribution in [0.5, 0.6) is 0 Å². The summed E-state index contributed by atoms with van der Waals surface area (Å²) in [6, 6.07) is 12.1. The van der Waals surface area contributed by atoms with E-state index in [-0.39, 0.29) is 5.91 Å². The van der Waals surface area contributed by atoms with Gasteiger partial charge in [-0.05, 0) is 35.9 Å². The van der Waals surface area contributed by atoms with E-state index in [0.717, 1.165) is 5.56 Å². The summed E-state index contributed by atoms with van der Waals surface area (Å²) in [7, 11) is 0. The Bertz CT molecular complexity index is 614. The van der Waals surface area contributed by atoms with Crippen LogP contribution < -0.4 is 11.1 Å². The molecule has 0 radical (unpaired) electrons. The Hall–Kier alpha value is -1.55. The molecule has 0 heterocycles. The Morgan fingerprint density at radius 1 is 1.11 bits per heavy atom. The molecule has 3 nitrogen and oxygen atoms in total. The molecule has 0 aliphatic heterocycles. The zero-order valence-electron chi connectivity index (χ0n) is 9.99. The predicted octanol–water partition coefficient (Wildman–Crippen LogP) is 3.70. The van der Waals surface area contributed by atoms with E-state index >= 15 is 0 Å². The number of halogens is 2. The van der Waals surface area contributed by atoms with Crippen LogP contribution in [0.3, 0.4) is 0 Å². The molecule has 0 aliphatic carbocycles. The maximum absolute atomic E-state index is 12.1. The third-order valence-electron chi connectivity index (χ3n) is 2.60. The van der Waals surface area contributed by atoms with Gasteiger partial charge in [-0.25, -0.2) is 0 Å². The number of hydrogen-bond acceptors (Lipinski definition) is 2. The number of amides is 1. The van der Waals surface area contributed by atoms with Crippen molar-refractivity contribution in [1.29, 1.82) is 0 Å². The summed E-state index contributed by atoms with van der Waals surface area (Å²) in [5, 5.41) is 3.60. The molecule has 0 bridgehead atoms. The highest BCUT2D eigenvalue weighted by Crippen LogP contribution is 2.25. The maximum Gasteiger partial charge on any atom is 0.255 e. The minimum absolute atomic E-state index is 0.214. The fourth-order valence-corrected chi connectivity index (χ4v) is 1.91. The van der Waals surface area contributed by atoms with Crippen molar-refractivity contribution in [2.24, 2.45) is 5.73 Å². The average Bonchev–Trinajstić information content (AvgIpc) is 2.43. The van der Waals surface area contributed by atoms with Crippen molar-refractivity contribution >= 4 is 34.8 Å². The van der Waals surface area contributed by atoms with Gasteiger partial charge in [0.15, 0.2) is 0 Å². The first-order valence-electron chi connectivity index (χ1n) is 5.65. The van der Waals surface area contributed by atoms with Crippen LogP contribution >= 0.6 is 23.2 Å². The largest absolute Gasteiger partial charge is 0.326 e. The maximum atomic E-state index is 12.1. The zero-order chi connectivity index (χ0) is 13.8. The van der Waals surface area contributed by atoms with Crippen LogP contribution in [0.4, 0.5) is 5.69 Å². The van der Waals surface area contributed by atoms with Crippen molar-refractivity contribution in [2.75, 3.05) is 5.32 Å². The minimum atomic E-state index is -0.214. The van der Waals surface area contributed by atoms with E-state index in [1.54, 1.807) is 36.4 Å². The summed E-state index contributed by atoms with van der Waals surface area (Å²) < 4.78 is 0. The molecule has 2 rings (SSSR count). The van der Waals surface area contributed by atoms with E-state index < -0.39 is 0 Å². The molecule has 98 valence electrons. The lowest BCUT2D eigenvalue weighted by Gasteiger charge is -2.07. The lowest BCUT2D eigenvalue weighted by Crippen LogP contribution is -2.12. The SMILES string of the molecule is NCc1cccc(C(=O)Nc2ccc(Cl)c(Cl)c2)c1. The Kier molecular flexibility index (Phi) is 4.43. The van der Waals surface area contributed by atoms with Gasteiger partial charge in [0.1, 0.15) is 0 Å². The van der Waals surface area contributed by atoms with Gasteiger partial charge in [-0.3, -0.25) is 4.79 Å². The summed E-state index contributed by atoms with van der Waals surface area (Å²) in [6.45, 7) is 0.397. The molecular weight excluding hydrogens is 283 g/mol. The highest BCUT2D eigenvalue weighted by molar-refractivity contribution is 6.42. The van der Waals surface area contributed by atoms with Crippen molar-refractivity contribution in [3.8, 4) is 0 Å². The molecule has 0 aromatic heterocycles. The fourth-order valence-electron chi connectivity index (χ4n) is 1.62. The normalized spacial score (nSPS) is 10.3. The van der Waals surface area contributed by atoms with E-state index in [9.17, 15) is 4.79 Å². The first-order chi connectivity index (χ1) is 9.10. The molecule has 0 fully saturated rings. The molecule has 0 aliphatic rings. The number of nitrogens with two attached hydrogens (primary N) is 1. The molecule has 1 amide bonds. The Morgan fingerprint density at radius 3 is 2.58 bits per heavy atom. The lowest BCUT2D eigenvalue weighted by molar-refractivity contribution is 0.102. The van der Waals surface area contributed by atoms with Gasteiger partial charge in [0.2, 0.25) is 0 Å². The van der Waals surface area contributed by atoms with Crippen molar-refractivity contribution in [3.63, 3.8) is 0 Å². The lowest BCUT2D eigenvalue weighted by atomic mass is 10.1. The topological polar surface area (TPSA) is 55.1 Å². The zero-order valence-corrected chi connectivity index (χ0v) is 11.5. The van der Waals surface area contributed by atoms with Crippen LogP contribution in [-0.4, -0.2) is 5.91 Å². The molecule has 3 N–H and O–H groups in total. The number of nitrogens with one attached hydrogen (secondary N) is 1. The van der Waals surface area contributed by atoms with E-state index in [1.165, 1.54) is 0 Å². The Balaban J connectivity index is 2.18. The first kappa shape index (κ1) is 13.9. The quantitative estimate of drug-likeness (QED) is 0.907. The highest BCUT2D eigenvalue weighted by atomic mass is 35.5. The standard InChI is InChI=1S/C14H12Cl2N2O/c15-12-5-4-11(7-13(12)16)18-14(19)10-3-1-2-9(6-10)8-17/h1-7H,8,17H2,(H,18,19).